The lowest BCUT2D eigenvalue weighted by Crippen LogP contribution is -2.27. The summed E-state index contributed by atoms with van der Waals surface area (Å²) in [5, 5.41) is 30.2. The van der Waals surface area contributed by atoms with Gasteiger partial charge in [0.15, 0.2) is 0 Å². The average Bonchev–Trinajstić information content (AvgIpc) is 2.64. The van der Waals surface area contributed by atoms with Crippen molar-refractivity contribution in [2.75, 3.05) is 6.61 Å². The minimum atomic E-state index is -0.283. The normalized spacial score (nSPS) is 22.7. The molecule has 1 fully saturated rings. The molecule has 1 aromatic carbocycles. The summed E-state index contributed by atoms with van der Waals surface area (Å²) in [5.41, 5.74) is 2.23. The molecule has 0 unspecified atom stereocenters. The lowest BCUT2D eigenvalue weighted by molar-refractivity contribution is 0.0879. The Kier molecular flexibility index (Phi) is 10.5. The van der Waals surface area contributed by atoms with Crippen LogP contribution in [0.2, 0.25) is 0 Å². The molecule has 1 saturated carbocycles. The van der Waals surface area contributed by atoms with Gasteiger partial charge in [-0.1, -0.05) is 66.0 Å². The highest BCUT2D eigenvalue weighted by Gasteiger charge is 2.32. The highest BCUT2D eigenvalue weighted by Crippen LogP contribution is 2.44. The number of unbranched alkanes of at least 4 members (excludes halogenated alkanes) is 3. The fourth-order valence-electron chi connectivity index (χ4n) is 4.71. The predicted octanol–water partition coefficient (Wildman–Crippen LogP) is 6.29. The van der Waals surface area contributed by atoms with Crippen LogP contribution in [0.5, 0.6) is 5.75 Å². The van der Waals surface area contributed by atoms with E-state index in [1.54, 1.807) is 0 Å². The van der Waals surface area contributed by atoms with Crippen LogP contribution < -0.4 is 0 Å². The monoisotopic (exact) mass is 392 g/mol. The van der Waals surface area contributed by atoms with Crippen molar-refractivity contribution in [1.82, 2.24) is 0 Å². The Morgan fingerprint density at radius 1 is 1.07 bits per heavy atom. The minimum absolute atomic E-state index is 0. The Balaban J connectivity index is 0.00000392. The molecule has 1 aliphatic rings. The molecule has 0 bridgehead atoms. The van der Waals surface area contributed by atoms with E-state index >= 15 is 0 Å². The molecule has 0 aliphatic heterocycles. The number of phenols is 1. The third-order valence-electron chi connectivity index (χ3n) is 6.57. The van der Waals surface area contributed by atoms with E-state index in [4.69, 9.17) is 0 Å². The molecular weight excluding hydrogens is 348 g/mol. The van der Waals surface area contributed by atoms with Gasteiger partial charge >= 0.3 is 0 Å². The summed E-state index contributed by atoms with van der Waals surface area (Å²) in [6, 6.07) is 6.23. The van der Waals surface area contributed by atoms with E-state index in [0.29, 0.717) is 18.1 Å². The van der Waals surface area contributed by atoms with E-state index in [-0.39, 0.29) is 31.5 Å². The Bertz CT molecular complexity index is 565. The third kappa shape index (κ3) is 6.77. The van der Waals surface area contributed by atoms with Gasteiger partial charge in [0, 0.05) is 6.61 Å². The average molecular weight is 393 g/mol. The van der Waals surface area contributed by atoms with E-state index in [0.717, 1.165) is 37.7 Å². The zero-order chi connectivity index (χ0) is 19.9. The standard InChI is InChI=1S/C24H40O3.CH4/c1-4-5-6-7-14-24(2,3)19-11-13-21(23(27)16-19)22-17-20(26)12-10-18(22)9-8-15-25;/h11,13,16,18,20,22,25-27H,4-10,12,14-15,17H2,1-3H3;1H4/t18-,20+,22+;/m0./s1. The van der Waals surface area contributed by atoms with Crippen LogP contribution in [0, 0.1) is 5.92 Å². The first-order valence-electron chi connectivity index (χ1n) is 11.0. The molecule has 0 saturated heterocycles. The molecule has 3 nitrogen and oxygen atoms in total. The first-order valence-corrected chi connectivity index (χ1v) is 11.0. The van der Waals surface area contributed by atoms with Crippen molar-refractivity contribution < 1.29 is 15.3 Å². The zero-order valence-electron chi connectivity index (χ0n) is 17.6. The number of aliphatic hydroxyl groups is 2. The molecule has 0 heterocycles. The molecule has 0 aromatic heterocycles. The summed E-state index contributed by atoms with van der Waals surface area (Å²) in [7, 11) is 0. The van der Waals surface area contributed by atoms with Gasteiger partial charge in [-0.05, 0) is 73.0 Å². The predicted molar refractivity (Wildman–Crippen MR) is 119 cm³/mol. The number of hydrogen-bond acceptors (Lipinski definition) is 3. The Hall–Kier alpha value is -1.06. The number of rotatable bonds is 10. The Labute approximate surface area is 173 Å². The smallest absolute Gasteiger partial charge is 0.119 e. The van der Waals surface area contributed by atoms with Crippen LogP contribution >= 0.6 is 0 Å². The molecule has 0 amide bonds. The van der Waals surface area contributed by atoms with Gasteiger partial charge in [-0.3, -0.25) is 0 Å². The van der Waals surface area contributed by atoms with Crippen molar-refractivity contribution in [2.45, 2.75) is 110 Å². The Morgan fingerprint density at radius 3 is 2.46 bits per heavy atom. The van der Waals surface area contributed by atoms with Crippen LogP contribution in [0.4, 0.5) is 0 Å². The fourth-order valence-corrected chi connectivity index (χ4v) is 4.71. The molecular formula is C25H44O3. The van der Waals surface area contributed by atoms with Gasteiger partial charge < -0.3 is 15.3 Å². The summed E-state index contributed by atoms with van der Waals surface area (Å²) in [6.45, 7) is 6.98. The van der Waals surface area contributed by atoms with Crippen LogP contribution in [0.15, 0.2) is 18.2 Å². The van der Waals surface area contributed by atoms with Crippen molar-refractivity contribution in [3.8, 4) is 5.75 Å². The van der Waals surface area contributed by atoms with E-state index < -0.39 is 0 Å². The Morgan fingerprint density at radius 2 is 1.82 bits per heavy atom. The summed E-state index contributed by atoms with van der Waals surface area (Å²) in [5.74, 6) is 0.989. The number of hydrogen-bond donors (Lipinski definition) is 3. The molecule has 3 N–H and O–H groups in total. The van der Waals surface area contributed by atoms with Crippen LogP contribution in [0.3, 0.4) is 0 Å². The second-order valence-corrected chi connectivity index (χ2v) is 9.17. The summed E-state index contributed by atoms with van der Waals surface area (Å²) in [6.07, 6.45) is 10.1. The van der Waals surface area contributed by atoms with E-state index in [2.05, 4.69) is 32.9 Å². The highest BCUT2D eigenvalue weighted by atomic mass is 16.3. The van der Waals surface area contributed by atoms with Crippen LogP contribution in [0.25, 0.3) is 0 Å². The molecule has 0 spiro atoms. The quantitative estimate of drug-likeness (QED) is 0.410. The maximum absolute atomic E-state index is 10.8. The van der Waals surface area contributed by atoms with Gasteiger partial charge in [0.25, 0.3) is 0 Å². The zero-order valence-corrected chi connectivity index (χ0v) is 17.6. The van der Waals surface area contributed by atoms with E-state index in [1.165, 1.54) is 31.2 Å². The van der Waals surface area contributed by atoms with Crippen molar-refractivity contribution >= 4 is 0 Å². The summed E-state index contributed by atoms with van der Waals surface area (Å²) < 4.78 is 0. The van der Waals surface area contributed by atoms with Crippen LogP contribution in [-0.4, -0.2) is 28.0 Å². The van der Waals surface area contributed by atoms with Crippen LogP contribution in [-0.2, 0) is 5.41 Å². The van der Waals surface area contributed by atoms with Gasteiger partial charge in [0.2, 0.25) is 0 Å². The second-order valence-electron chi connectivity index (χ2n) is 9.17. The third-order valence-corrected chi connectivity index (χ3v) is 6.57. The lowest BCUT2D eigenvalue weighted by atomic mass is 9.71. The molecule has 2 rings (SSSR count). The summed E-state index contributed by atoms with van der Waals surface area (Å²) in [4.78, 5) is 0. The first-order chi connectivity index (χ1) is 12.9. The largest absolute Gasteiger partial charge is 0.508 e. The number of aromatic hydroxyl groups is 1. The fraction of sp³-hybridized carbons (Fsp3) is 0.760. The van der Waals surface area contributed by atoms with Gasteiger partial charge in [0.1, 0.15) is 5.75 Å². The number of aliphatic hydroxyl groups excluding tert-OH is 2. The molecule has 3 heteroatoms. The first kappa shape index (κ1) is 25.0. The lowest BCUT2D eigenvalue weighted by Gasteiger charge is -2.35. The maximum atomic E-state index is 10.8. The molecule has 162 valence electrons. The van der Waals surface area contributed by atoms with E-state index in [1.807, 2.05) is 6.07 Å². The summed E-state index contributed by atoms with van der Waals surface area (Å²) >= 11 is 0. The highest BCUT2D eigenvalue weighted by molar-refractivity contribution is 5.42. The second kappa shape index (κ2) is 11.8. The van der Waals surface area contributed by atoms with Gasteiger partial charge in [-0.25, -0.2) is 0 Å². The van der Waals surface area contributed by atoms with Gasteiger partial charge in [-0.2, -0.15) is 0 Å². The molecule has 3 atom stereocenters. The van der Waals surface area contributed by atoms with Gasteiger partial charge in [0.05, 0.1) is 6.10 Å². The number of benzene rings is 1. The molecule has 0 radical (unpaired) electrons. The van der Waals surface area contributed by atoms with Crippen molar-refractivity contribution in [3.63, 3.8) is 0 Å². The van der Waals surface area contributed by atoms with Crippen LogP contribution in [0.1, 0.15) is 109 Å². The molecule has 1 aliphatic carbocycles. The minimum Gasteiger partial charge on any atom is -0.508 e. The SMILES string of the molecule is C.CCCCCCC(C)(C)c1ccc([C@@H]2C[C@H](O)CC[C@@H]2CCCO)c(O)c1. The molecule has 28 heavy (non-hydrogen) atoms. The molecule has 1 aromatic rings. The van der Waals surface area contributed by atoms with E-state index in [9.17, 15) is 15.3 Å². The van der Waals surface area contributed by atoms with Crippen molar-refractivity contribution in [2.24, 2.45) is 5.92 Å². The maximum Gasteiger partial charge on any atom is 0.119 e. The van der Waals surface area contributed by atoms with Crippen molar-refractivity contribution in [1.29, 1.82) is 0 Å². The van der Waals surface area contributed by atoms with Crippen molar-refractivity contribution in [3.05, 3.63) is 29.3 Å². The van der Waals surface area contributed by atoms with Gasteiger partial charge in [-0.15, -0.1) is 0 Å². The number of phenolic OH excluding ortho intramolecular Hbond substituents is 1. The topological polar surface area (TPSA) is 60.7 Å².